The zero-order valence-corrected chi connectivity index (χ0v) is 10.3. The molecule has 0 aromatic rings. The summed E-state index contributed by atoms with van der Waals surface area (Å²) < 4.78 is 5.57. The summed E-state index contributed by atoms with van der Waals surface area (Å²) in [6.07, 6.45) is 6.35. The molecule has 1 amide bonds. The molecule has 0 spiro atoms. The van der Waals surface area contributed by atoms with Crippen LogP contribution in [0.5, 0.6) is 0 Å². The van der Waals surface area contributed by atoms with Crippen molar-refractivity contribution in [1.82, 2.24) is 0 Å². The van der Waals surface area contributed by atoms with Gasteiger partial charge in [-0.1, -0.05) is 39.5 Å². The first-order chi connectivity index (χ1) is 7.11. The number of hydrogen-bond donors (Lipinski definition) is 1. The van der Waals surface area contributed by atoms with Gasteiger partial charge in [0.05, 0.1) is 6.10 Å². The van der Waals surface area contributed by atoms with E-state index in [1.807, 2.05) is 13.8 Å². The smallest absolute Gasteiger partial charge is 0.246 e. The van der Waals surface area contributed by atoms with Crippen molar-refractivity contribution in [3.63, 3.8) is 0 Å². The predicted molar refractivity (Wildman–Crippen MR) is 62.6 cm³/mol. The van der Waals surface area contributed by atoms with E-state index >= 15 is 0 Å². The van der Waals surface area contributed by atoms with Crippen LogP contribution in [0.25, 0.3) is 0 Å². The molecule has 15 heavy (non-hydrogen) atoms. The highest BCUT2D eigenvalue weighted by atomic mass is 16.5. The molecular formula is C12H25NO2. The van der Waals surface area contributed by atoms with E-state index in [9.17, 15) is 4.79 Å². The minimum absolute atomic E-state index is 0.138. The molecule has 0 rings (SSSR count). The molecule has 2 N–H and O–H groups in total. The van der Waals surface area contributed by atoms with Crippen molar-refractivity contribution in [1.29, 1.82) is 0 Å². The number of amides is 1. The zero-order chi connectivity index (χ0) is 11.7. The summed E-state index contributed by atoms with van der Waals surface area (Å²) in [4.78, 5) is 10.9. The van der Waals surface area contributed by atoms with Crippen molar-refractivity contribution in [2.75, 3.05) is 0 Å². The summed E-state index contributed by atoms with van der Waals surface area (Å²) in [5.41, 5.74) is 5.21. The number of unbranched alkanes of at least 4 members (excludes halogenated alkanes) is 3. The van der Waals surface area contributed by atoms with E-state index in [0.29, 0.717) is 6.42 Å². The maximum Gasteiger partial charge on any atom is 0.246 e. The second-order valence-electron chi connectivity index (χ2n) is 4.10. The third-order valence-corrected chi connectivity index (χ3v) is 2.55. The molecule has 0 heterocycles. The van der Waals surface area contributed by atoms with Gasteiger partial charge >= 0.3 is 0 Å². The van der Waals surface area contributed by atoms with E-state index < -0.39 is 6.10 Å². The summed E-state index contributed by atoms with van der Waals surface area (Å²) in [5.74, 6) is -0.349. The highest BCUT2D eigenvalue weighted by Crippen LogP contribution is 2.10. The van der Waals surface area contributed by atoms with E-state index in [0.717, 1.165) is 6.42 Å². The zero-order valence-electron chi connectivity index (χ0n) is 10.3. The minimum atomic E-state index is -0.411. The Morgan fingerprint density at radius 2 is 1.93 bits per heavy atom. The quantitative estimate of drug-likeness (QED) is 0.601. The second kappa shape index (κ2) is 8.72. The Kier molecular flexibility index (Phi) is 8.38. The van der Waals surface area contributed by atoms with Gasteiger partial charge in [-0.3, -0.25) is 4.79 Å². The van der Waals surface area contributed by atoms with Gasteiger partial charge in [-0.15, -0.1) is 0 Å². The van der Waals surface area contributed by atoms with Gasteiger partial charge in [-0.05, 0) is 19.8 Å². The van der Waals surface area contributed by atoms with Crippen molar-refractivity contribution in [2.24, 2.45) is 5.73 Å². The van der Waals surface area contributed by atoms with Crippen LogP contribution in [0.1, 0.15) is 59.3 Å². The summed E-state index contributed by atoms with van der Waals surface area (Å²) in [5, 5.41) is 0. The molecule has 0 aromatic heterocycles. The molecule has 2 unspecified atom stereocenters. The van der Waals surface area contributed by atoms with Gasteiger partial charge in [0.2, 0.25) is 5.91 Å². The van der Waals surface area contributed by atoms with Gasteiger partial charge in [0.1, 0.15) is 6.10 Å². The van der Waals surface area contributed by atoms with Crippen LogP contribution in [0.15, 0.2) is 0 Å². The number of carbonyl (C=O) groups excluding carboxylic acids is 1. The molecule has 0 saturated carbocycles. The Hall–Kier alpha value is -0.570. The highest BCUT2D eigenvalue weighted by molar-refractivity contribution is 5.78. The fourth-order valence-electron chi connectivity index (χ4n) is 1.57. The van der Waals surface area contributed by atoms with Gasteiger partial charge in [0, 0.05) is 0 Å². The topological polar surface area (TPSA) is 52.3 Å². The van der Waals surface area contributed by atoms with Crippen molar-refractivity contribution in [3.05, 3.63) is 0 Å². The number of primary amides is 1. The van der Waals surface area contributed by atoms with Crippen LogP contribution >= 0.6 is 0 Å². The SMILES string of the molecule is CCCCCCC(C)OC(CC)C(N)=O. The molecule has 0 bridgehead atoms. The maximum absolute atomic E-state index is 10.9. The van der Waals surface area contributed by atoms with Crippen molar-refractivity contribution in [3.8, 4) is 0 Å². The highest BCUT2D eigenvalue weighted by Gasteiger charge is 2.16. The lowest BCUT2D eigenvalue weighted by atomic mass is 10.1. The lowest BCUT2D eigenvalue weighted by molar-refractivity contribution is -0.133. The fourth-order valence-corrected chi connectivity index (χ4v) is 1.57. The normalized spacial score (nSPS) is 14.9. The molecule has 0 fully saturated rings. The number of nitrogens with two attached hydrogens (primary N) is 1. The van der Waals surface area contributed by atoms with Gasteiger partial charge in [0.15, 0.2) is 0 Å². The van der Waals surface area contributed by atoms with Crippen LogP contribution in [0.2, 0.25) is 0 Å². The molecule has 0 aliphatic carbocycles. The van der Waals surface area contributed by atoms with Crippen LogP contribution < -0.4 is 5.73 Å². The summed E-state index contributed by atoms with van der Waals surface area (Å²) in [6.45, 7) is 6.12. The summed E-state index contributed by atoms with van der Waals surface area (Å²) in [6, 6.07) is 0. The fraction of sp³-hybridized carbons (Fsp3) is 0.917. The lowest BCUT2D eigenvalue weighted by Crippen LogP contribution is -2.33. The number of ether oxygens (including phenoxy) is 1. The third-order valence-electron chi connectivity index (χ3n) is 2.55. The molecule has 2 atom stereocenters. The standard InChI is InChI=1S/C12H25NO2/c1-4-6-7-8-9-10(3)15-11(5-2)12(13)14/h10-11H,4-9H2,1-3H3,(H2,13,14). The van der Waals surface area contributed by atoms with E-state index in [2.05, 4.69) is 6.92 Å². The minimum Gasteiger partial charge on any atom is -0.367 e. The first-order valence-corrected chi connectivity index (χ1v) is 6.06. The van der Waals surface area contributed by atoms with Crippen molar-refractivity contribution in [2.45, 2.75) is 71.5 Å². The first kappa shape index (κ1) is 14.4. The van der Waals surface area contributed by atoms with Crippen LogP contribution in [-0.2, 0) is 9.53 Å². The van der Waals surface area contributed by atoms with Crippen molar-refractivity contribution < 1.29 is 9.53 Å². The average molecular weight is 215 g/mol. The molecule has 0 aromatic carbocycles. The Morgan fingerprint density at radius 3 is 2.40 bits per heavy atom. The molecular weight excluding hydrogens is 190 g/mol. The number of carbonyl (C=O) groups is 1. The first-order valence-electron chi connectivity index (χ1n) is 6.06. The molecule has 0 radical (unpaired) electrons. The van der Waals surface area contributed by atoms with Crippen LogP contribution in [-0.4, -0.2) is 18.1 Å². The Balaban J connectivity index is 3.62. The lowest BCUT2D eigenvalue weighted by Gasteiger charge is -2.18. The van der Waals surface area contributed by atoms with Crippen LogP contribution in [0.3, 0.4) is 0 Å². The van der Waals surface area contributed by atoms with Crippen molar-refractivity contribution >= 4 is 5.91 Å². The van der Waals surface area contributed by atoms with E-state index in [1.165, 1.54) is 25.7 Å². The summed E-state index contributed by atoms with van der Waals surface area (Å²) in [7, 11) is 0. The van der Waals surface area contributed by atoms with Gasteiger partial charge in [-0.25, -0.2) is 0 Å². The average Bonchev–Trinajstić information content (AvgIpc) is 2.20. The third kappa shape index (κ3) is 7.37. The van der Waals surface area contributed by atoms with Crippen LogP contribution in [0.4, 0.5) is 0 Å². The maximum atomic E-state index is 10.9. The largest absolute Gasteiger partial charge is 0.367 e. The molecule has 3 heteroatoms. The Morgan fingerprint density at radius 1 is 1.27 bits per heavy atom. The van der Waals surface area contributed by atoms with E-state index in [1.54, 1.807) is 0 Å². The Bertz CT molecular complexity index is 171. The summed E-state index contributed by atoms with van der Waals surface area (Å²) >= 11 is 0. The molecule has 0 aliphatic heterocycles. The number of rotatable bonds is 9. The Labute approximate surface area is 93.4 Å². The van der Waals surface area contributed by atoms with Gasteiger partial charge in [0.25, 0.3) is 0 Å². The molecule has 90 valence electrons. The number of hydrogen-bond acceptors (Lipinski definition) is 2. The van der Waals surface area contributed by atoms with Crippen LogP contribution in [0, 0.1) is 0 Å². The van der Waals surface area contributed by atoms with E-state index in [-0.39, 0.29) is 12.0 Å². The van der Waals surface area contributed by atoms with Gasteiger partial charge in [-0.2, -0.15) is 0 Å². The predicted octanol–water partition coefficient (Wildman–Crippen LogP) is 2.63. The molecule has 0 aliphatic rings. The second-order valence-corrected chi connectivity index (χ2v) is 4.10. The van der Waals surface area contributed by atoms with Gasteiger partial charge < -0.3 is 10.5 Å². The molecule has 0 saturated heterocycles. The monoisotopic (exact) mass is 215 g/mol. The van der Waals surface area contributed by atoms with E-state index in [4.69, 9.17) is 10.5 Å². The molecule has 3 nitrogen and oxygen atoms in total.